The van der Waals surface area contributed by atoms with Gasteiger partial charge in [0.25, 0.3) is 11.8 Å². The lowest BCUT2D eigenvalue weighted by molar-refractivity contribution is 0.0975. The number of anilines is 2. The van der Waals surface area contributed by atoms with Crippen molar-refractivity contribution in [2.24, 2.45) is 5.92 Å². The number of rotatable bonds is 7. The minimum absolute atomic E-state index is 0.0315. The third-order valence-electron chi connectivity index (χ3n) is 5.32. The van der Waals surface area contributed by atoms with Crippen molar-refractivity contribution >= 4 is 40.5 Å². The molecular formula is C29H33N3O3S. The first-order chi connectivity index (χ1) is 17.0. The second kappa shape index (κ2) is 11.8. The summed E-state index contributed by atoms with van der Waals surface area (Å²) in [5, 5.41) is 8.72. The Morgan fingerprint density at radius 1 is 0.833 bits per heavy atom. The van der Waals surface area contributed by atoms with E-state index in [1.54, 1.807) is 42.5 Å². The van der Waals surface area contributed by atoms with Gasteiger partial charge in [0.2, 0.25) is 0 Å². The van der Waals surface area contributed by atoms with Gasteiger partial charge in [0, 0.05) is 22.5 Å². The highest BCUT2D eigenvalue weighted by Crippen LogP contribution is 2.23. The Morgan fingerprint density at radius 3 is 2.03 bits per heavy atom. The smallest absolute Gasteiger partial charge is 0.257 e. The van der Waals surface area contributed by atoms with Crippen molar-refractivity contribution < 1.29 is 14.3 Å². The highest BCUT2D eigenvalue weighted by Gasteiger charge is 2.14. The molecule has 6 nitrogen and oxygen atoms in total. The zero-order valence-corrected chi connectivity index (χ0v) is 22.2. The summed E-state index contributed by atoms with van der Waals surface area (Å²) in [5.74, 6) is 0.513. The quantitative estimate of drug-likeness (QED) is 0.325. The van der Waals surface area contributed by atoms with E-state index in [1.807, 2.05) is 30.3 Å². The molecule has 0 aliphatic heterocycles. The Hall–Kier alpha value is -3.71. The molecule has 0 fully saturated rings. The molecule has 0 saturated carbocycles. The molecule has 0 radical (unpaired) electrons. The lowest BCUT2D eigenvalue weighted by atomic mass is 9.87. The summed E-state index contributed by atoms with van der Waals surface area (Å²) in [6.07, 6.45) is 0. The van der Waals surface area contributed by atoms with E-state index in [-0.39, 0.29) is 22.3 Å². The molecule has 0 bridgehead atoms. The highest BCUT2D eigenvalue weighted by atomic mass is 32.1. The molecular weight excluding hydrogens is 470 g/mol. The molecule has 0 unspecified atom stereocenters. The summed E-state index contributed by atoms with van der Waals surface area (Å²) in [5.41, 5.74) is 3.58. The van der Waals surface area contributed by atoms with Crippen LogP contribution in [0.25, 0.3) is 0 Å². The van der Waals surface area contributed by atoms with Crippen LogP contribution in [0.1, 0.15) is 60.9 Å². The predicted octanol–water partition coefficient (Wildman–Crippen LogP) is 6.40. The van der Waals surface area contributed by atoms with Crippen LogP contribution < -0.4 is 20.7 Å². The van der Waals surface area contributed by atoms with Gasteiger partial charge in [-0.15, -0.1) is 0 Å². The predicted molar refractivity (Wildman–Crippen MR) is 150 cm³/mol. The monoisotopic (exact) mass is 503 g/mol. The van der Waals surface area contributed by atoms with E-state index in [0.717, 1.165) is 0 Å². The minimum atomic E-state index is -0.330. The number of benzene rings is 3. The zero-order chi connectivity index (χ0) is 26.3. The van der Waals surface area contributed by atoms with Crippen molar-refractivity contribution in [1.29, 1.82) is 0 Å². The van der Waals surface area contributed by atoms with Crippen LogP contribution >= 0.6 is 12.2 Å². The lowest BCUT2D eigenvalue weighted by Gasteiger charge is -2.19. The van der Waals surface area contributed by atoms with Crippen LogP contribution in [0.2, 0.25) is 0 Å². The maximum Gasteiger partial charge on any atom is 0.257 e. The molecule has 0 atom stereocenters. The van der Waals surface area contributed by atoms with E-state index in [0.29, 0.717) is 40.8 Å². The van der Waals surface area contributed by atoms with Crippen molar-refractivity contribution in [2.75, 3.05) is 17.2 Å². The summed E-state index contributed by atoms with van der Waals surface area (Å²) in [6, 6.07) is 21.7. The number of hydrogen-bond donors (Lipinski definition) is 3. The summed E-state index contributed by atoms with van der Waals surface area (Å²) in [7, 11) is 0. The third kappa shape index (κ3) is 7.92. The van der Waals surface area contributed by atoms with Gasteiger partial charge in [-0.3, -0.25) is 14.9 Å². The summed E-state index contributed by atoms with van der Waals surface area (Å²) >= 11 is 5.29. The van der Waals surface area contributed by atoms with Crippen molar-refractivity contribution in [1.82, 2.24) is 5.32 Å². The van der Waals surface area contributed by atoms with Crippen LogP contribution in [0.4, 0.5) is 11.4 Å². The van der Waals surface area contributed by atoms with Gasteiger partial charge in [-0.25, -0.2) is 0 Å². The molecule has 0 heterocycles. The fraction of sp³-hybridized carbons (Fsp3) is 0.276. The highest BCUT2D eigenvalue weighted by molar-refractivity contribution is 7.80. The topological polar surface area (TPSA) is 79.5 Å². The average molecular weight is 504 g/mol. The normalized spacial score (nSPS) is 11.1. The number of carbonyl (C=O) groups is 2. The number of ether oxygens (including phenoxy) is 1. The van der Waals surface area contributed by atoms with Gasteiger partial charge in [-0.2, -0.15) is 0 Å². The van der Waals surface area contributed by atoms with Gasteiger partial charge in [-0.05, 0) is 83.7 Å². The Kier molecular flexibility index (Phi) is 8.83. The van der Waals surface area contributed by atoms with Gasteiger partial charge >= 0.3 is 0 Å². The standard InChI is InChI=1S/C29H33N3O3S/c1-19(2)18-35-25-8-6-7-21(17-25)27(34)32-28(36)31-24-15-13-23(14-16-24)30-26(33)20-9-11-22(12-10-20)29(3,4)5/h6-17,19H,18H2,1-5H3,(H,30,33)(H2,31,32,34,36). The number of amides is 2. The van der Waals surface area contributed by atoms with E-state index in [9.17, 15) is 9.59 Å². The van der Waals surface area contributed by atoms with Gasteiger partial charge in [0.1, 0.15) is 5.75 Å². The molecule has 7 heteroatoms. The van der Waals surface area contributed by atoms with E-state index in [4.69, 9.17) is 17.0 Å². The first-order valence-corrected chi connectivity index (χ1v) is 12.3. The van der Waals surface area contributed by atoms with Crippen molar-refractivity contribution in [3.63, 3.8) is 0 Å². The van der Waals surface area contributed by atoms with E-state index < -0.39 is 0 Å². The van der Waals surface area contributed by atoms with Crippen LogP contribution in [-0.4, -0.2) is 23.5 Å². The minimum Gasteiger partial charge on any atom is -0.493 e. The summed E-state index contributed by atoms with van der Waals surface area (Å²) in [6.45, 7) is 11.1. The maximum atomic E-state index is 12.6. The van der Waals surface area contributed by atoms with E-state index in [2.05, 4.69) is 50.6 Å². The van der Waals surface area contributed by atoms with Crippen LogP contribution in [-0.2, 0) is 5.41 Å². The number of hydrogen-bond acceptors (Lipinski definition) is 4. The van der Waals surface area contributed by atoms with E-state index >= 15 is 0 Å². The largest absolute Gasteiger partial charge is 0.493 e. The molecule has 0 saturated heterocycles. The fourth-order valence-corrected chi connectivity index (χ4v) is 3.50. The fourth-order valence-electron chi connectivity index (χ4n) is 3.29. The first-order valence-electron chi connectivity index (χ1n) is 11.9. The Bertz CT molecular complexity index is 1210. The van der Waals surface area contributed by atoms with Crippen molar-refractivity contribution in [2.45, 2.75) is 40.0 Å². The molecule has 36 heavy (non-hydrogen) atoms. The molecule has 0 aliphatic rings. The summed E-state index contributed by atoms with van der Waals surface area (Å²) in [4.78, 5) is 25.2. The Balaban J connectivity index is 1.53. The lowest BCUT2D eigenvalue weighted by Crippen LogP contribution is -2.34. The molecule has 0 aliphatic carbocycles. The van der Waals surface area contributed by atoms with Crippen LogP contribution in [0.15, 0.2) is 72.8 Å². The van der Waals surface area contributed by atoms with E-state index in [1.165, 1.54) is 5.56 Å². The molecule has 188 valence electrons. The van der Waals surface area contributed by atoms with Crippen LogP contribution in [0.5, 0.6) is 5.75 Å². The number of nitrogens with one attached hydrogen (secondary N) is 3. The molecule has 0 spiro atoms. The van der Waals surface area contributed by atoms with Crippen LogP contribution in [0.3, 0.4) is 0 Å². The molecule has 0 aromatic heterocycles. The number of thiocarbonyl (C=S) groups is 1. The third-order valence-corrected chi connectivity index (χ3v) is 5.52. The molecule has 3 rings (SSSR count). The molecule has 3 N–H and O–H groups in total. The molecule has 3 aromatic rings. The van der Waals surface area contributed by atoms with Gasteiger partial charge in [0.15, 0.2) is 5.11 Å². The first kappa shape index (κ1) is 26.9. The average Bonchev–Trinajstić information content (AvgIpc) is 2.83. The van der Waals surface area contributed by atoms with Crippen molar-refractivity contribution in [3.8, 4) is 5.75 Å². The van der Waals surface area contributed by atoms with Crippen LogP contribution in [0, 0.1) is 5.92 Å². The SMILES string of the molecule is CC(C)COc1cccc(C(=O)NC(=S)Nc2ccc(NC(=O)c3ccc(C(C)(C)C)cc3)cc2)c1. The Labute approximate surface area is 218 Å². The zero-order valence-electron chi connectivity index (χ0n) is 21.3. The van der Waals surface area contributed by atoms with Gasteiger partial charge in [-0.1, -0.05) is 52.8 Å². The van der Waals surface area contributed by atoms with Crippen molar-refractivity contribution in [3.05, 3.63) is 89.5 Å². The number of carbonyl (C=O) groups excluding carboxylic acids is 2. The maximum absolute atomic E-state index is 12.6. The second-order valence-electron chi connectivity index (χ2n) is 10.00. The Morgan fingerprint density at radius 2 is 1.44 bits per heavy atom. The summed E-state index contributed by atoms with van der Waals surface area (Å²) < 4.78 is 5.69. The van der Waals surface area contributed by atoms with Gasteiger partial charge in [0.05, 0.1) is 6.61 Å². The molecule has 2 amide bonds. The second-order valence-corrected chi connectivity index (χ2v) is 10.4. The molecule has 3 aromatic carbocycles. The van der Waals surface area contributed by atoms with Gasteiger partial charge < -0.3 is 15.4 Å².